The molecule has 0 spiro atoms. The lowest BCUT2D eigenvalue weighted by molar-refractivity contribution is -0.114. The molecule has 13 heavy (non-hydrogen) atoms. The van der Waals surface area contributed by atoms with Crippen molar-refractivity contribution >= 4 is 17.3 Å². The summed E-state index contributed by atoms with van der Waals surface area (Å²) in [5.74, 6) is 0.452. The molecule has 0 atom stereocenters. The Morgan fingerprint density at radius 1 is 1.54 bits per heavy atom. The average Bonchev–Trinajstić information content (AvgIpc) is 2.03. The fourth-order valence-corrected chi connectivity index (χ4v) is 1.01. The zero-order chi connectivity index (χ0) is 9.84. The van der Waals surface area contributed by atoms with Crippen molar-refractivity contribution in [3.8, 4) is 5.75 Å². The molecule has 3 N–H and O–H groups in total. The van der Waals surface area contributed by atoms with E-state index in [9.17, 15) is 4.79 Å². The Morgan fingerprint density at radius 2 is 2.23 bits per heavy atom. The average molecular weight is 180 g/mol. The summed E-state index contributed by atoms with van der Waals surface area (Å²) in [6.07, 6.45) is 0. The Balaban J connectivity index is 3.01. The normalized spacial score (nSPS) is 9.38. The fraction of sp³-hybridized carbons (Fsp3) is 0.222. The lowest BCUT2D eigenvalue weighted by Gasteiger charge is -2.08. The number of hydrogen-bond acceptors (Lipinski definition) is 3. The second-order valence-corrected chi connectivity index (χ2v) is 2.64. The zero-order valence-electron chi connectivity index (χ0n) is 7.63. The van der Waals surface area contributed by atoms with Gasteiger partial charge in [0.1, 0.15) is 5.75 Å². The van der Waals surface area contributed by atoms with Crippen molar-refractivity contribution in [2.75, 3.05) is 18.2 Å². The second kappa shape index (κ2) is 3.80. The number of anilines is 2. The molecule has 4 heteroatoms. The summed E-state index contributed by atoms with van der Waals surface area (Å²) in [5.41, 5.74) is 6.73. The van der Waals surface area contributed by atoms with Gasteiger partial charge < -0.3 is 15.8 Å². The van der Waals surface area contributed by atoms with Crippen LogP contribution in [-0.2, 0) is 4.79 Å². The minimum atomic E-state index is -0.149. The molecule has 0 heterocycles. The molecule has 4 nitrogen and oxygen atoms in total. The molecule has 0 aliphatic carbocycles. The van der Waals surface area contributed by atoms with E-state index in [-0.39, 0.29) is 5.91 Å². The van der Waals surface area contributed by atoms with E-state index in [1.165, 1.54) is 14.0 Å². The van der Waals surface area contributed by atoms with E-state index in [0.717, 1.165) is 0 Å². The minimum Gasteiger partial charge on any atom is -0.495 e. The highest BCUT2D eigenvalue weighted by Gasteiger charge is 2.03. The van der Waals surface area contributed by atoms with Gasteiger partial charge in [-0.3, -0.25) is 4.79 Å². The van der Waals surface area contributed by atoms with Crippen LogP contribution >= 0.6 is 0 Å². The zero-order valence-corrected chi connectivity index (χ0v) is 7.63. The van der Waals surface area contributed by atoms with Gasteiger partial charge in [0, 0.05) is 12.6 Å². The maximum atomic E-state index is 10.8. The van der Waals surface area contributed by atoms with Gasteiger partial charge >= 0.3 is 0 Å². The van der Waals surface area contributed by atoms with Gasteiger partial charge in [0.15, 0.2) is 0 Å². The third-order valence-corrected chi connectivity index (χ3v) is 1.53. The number of nitrogen functional groups attached to an aromatic ring is 1. The Labute approximate surface area is 76.7 Å². The number of benzene rings is 1. The highest BCUT2D eigenvalue weighted by molar-refractivity contribution is 5.91. The molecule has 0 aliphatic heterocycles. The topological polar surface area (TPSA) is 64.3 Å². The lowest BCUT2D eigenvalue weighted by atomic mass is 10.2. The maximum absolute atomic E-state index is 10.8. The SMILES string of the molecule is COc1ccc(N)cc1NC(C)=O. The van der Waals surface area contributed by atoms with Crippen molar-refractivity contribution in [3.63, 3.8) is 0 Å². The van der Waals surface area contributed by atoms with E-state index in [4.69, 9.17) is 10.5 Å². The van der Waals surface area contributed by atoms with Crippen molar-refractivity contribution in [1.82, 2.24) is 0 Å². The van der Waals surface area contributed by atoms with Crippen molar-refractivity contribution < 1.29 is 9.53 Å². The third-order valence-electron chi connectivity index (χ3n) is 1.53. The van der Waals surface area contributed by atoms with Gasteiger partial charge in [0.25, 0.3) is 0 Å². The Morgan fingerprint density at radius 3 is 2.77 bits per heavy atom. The van der Waals surface area contributed by atoms with Crippen LogP contribution in [0, 0.1) is 0 Å². The molecule has 0 aromatic heterocycles. The van der Waals surface area contributed by atoms with Crippen LogP contribution in [0.15, 0.2) is 18.2 Å². The van der Waals surface area contributed by atoms with Crippen LogP contribution in [0.4, 0.5) is 11.4 Å². The first-order valence-corrected chi connectivity index (χ1v) is 3.84. The quantitative estimate of drug-likeness (QED) is 0.673. The van der Waals surface area contributed by atoms with Crippen LogP contribution in [-0.4, -0.2) is 13.0 Å². The maximum Gasteiger partial charge on any atom is 0.221 e. The molecule has 0 bridgehead atoms. The number of rotatable bonds is 2. The number of nitrogens with two attached hydrogens (primary N) is 1. The molecule has 1 rings (SSSR count). The molecule has 1 aromatic carbocycles. The van der Waals surface area contributed by atoms with Crippen LogP contribution in [0.5, 0.6) is 5.75 Å². The van der Waals surface area contributed by atoms with E-state index in [1.54, 1.807) is 18.2 Å². The van der Waals surface area contributed by atoms with Gasteiger partial charge in [-0.05, 0) is 18.2 Å². The Kier molecular flexibility index (Phi) is 2.74. The molecular weight excluding hydrogens is 168 g/mol. The molecule has 0 saturated heterocycles. The van der Waals surface area contributed by atoms with Crippen LogP contribution in [0.1, 0.15) is 6.92 Å². The van der Waals surface area contributed by atoms with Gasteiger partial charge in [0.2, 0.25) is 5.91 Å². The molecule has 70 valence electrons. The summed E-state index contributed by atoms with van der Waals surface area (Å²) in [7, 11) is 1.54. The number of methoxy groups -OCH3 is 1. The summed E-state index contributed by atoms with van der Waals surface area (Å²) in [4.78, 5) is 10.8. The molecule has 1 amide bonds. The number of carbonyl (C=O) groups excluding carboxylic acids is 1. The summed E-state index contributed by atoms with van der Waals surface area (Å²) < 4.78 is 5.03. The standard InChI is InChI=1S/C9H12N2O2/c1-6(12)11-8-5-7(10)3-4-9(8)13-2/h3-5H,10H2,1-2H3,(H,11,12). The molecule has 0 radical (unpaired) electrons. The fourth-order valence-electron chi connectivity index (χ4n) is 1.01. The molecule has 1 aromatic rings. The van der Waals surface area contributed by atoms with Gasteiger partial charge in [-0.15, -0.1) is 0 Å². The first-order valence-electron chi connectivity index (χ1n) is 3.84. The van der Waals surface area contributed by atoms with Crippen LogP contribution < -0.4 is 15.8 Å². The molecular formula is C9H12N2O2. The van der Waals surface area contributed by atoms with E-state index in [2.05, 4.69) is 5.32 Å². The highest BCUT2D eigenvalue weighted by atomic mass is 16.5. The number of carbonyl (C=O) groups is 1. The molecule has 0 fully saturated rings. The molecule has 0 unspecified atom stereocenters. The summed E-state index contributed by atoms with van der Waals surface area (Å²) >= 11 is 0. The summed E-state index contributed by atoms with van der Waals surface area (Å²) in [5, 5.41) is 2.62. The lowest BCUT2D eigenvalue weighted by Crippen LogP contribution is -2.07. The van der Waals surface area contributed by atoms with Crippen molar-refractivity contribution in [2.24, 2.45) is 0 Å². The number of ether oxygens (including phenoxy) is 1. The van der Waals surface area contributed by atoms with Crippen molar-refractivity contribution in [1.29, 1.82) is 0 Å². The van der Waals surface area contributed by atoms with Crippen LogP contribution in [0.2, 0.25) is 0 Å². The first-order chi connectivity index (χ1) is 6.13. The monoisotopic (exact) mass is 180 g/mol. The third kappa shape index (κ3) is 2.37. The van der Waals surface area contributed by atoms with E-state index in [0.29, 0.717) is 17.1 Å². The van der Waals surface area contributed by atoms with Crippen LogP contribution in [0.25, 0.3) is 0 Å². The molecule has 0 aliphatic rings. The predicted octanol–water partition coefficient (Wildman–Crippen LogP) is 1.24. The Bertz CT molecular complexity index is 323. The van der Waals surface area contributed by atoms with E-state index < -0.39 is 0 Å². The highest BCUT2D eigenvalue weighted by Crippen LogP contribution is 2.26. The number of hydrogen-bond donors (Lipinski definition) is 2. The van der Waals surface area contributed by atoms with Gasteiger partial charge in [-0.2, -0.15) is 0 Å². The summed E-state index contributed by atoms with van der Waals surface area (Å²) in [6.45, 7) is 1.43. The number of amides is 1. The minimum absolute atomic E-state index is 0.149. The predicted molar refractivity (Wildman–Crippen MR) is 51.7 cm³/mol. The second-order valence-electron chi connectivity index (χ2n) is 2.64. The molecule has 0 saturated carbocycles. The van der Waals surface area contributed by atoms with Gasteiger partial charge in [-0.1, -0.05) is 0 Å². The van der Waals surface area contributed by atoms with Crippen molar-refractivity contribution in [2.45, 2.75) is 6.92 Å². The smallest absolute Gasteiger partial charge is 0.221 e. The van der Waals surface area contributed by atoms with E-state index >= 15 is 0 Å². The first kappa shape index (κ1) is 9.38. The van der Waals surface area contributed by atoms with Gasteiger partial charge in [0.05, 0.1) is 12.8 Å². The summed E-state index contributed by atoms with van der Waals surface area (Å²) in [6, 6.07) is 5.07. The number of nitrogens with one attached hydrogen (secondary N) is 1. The van der Waals surface area contributed by atoms with Crippen LogP contribution in [0.3, 0.4) is 0 Å². The Hall–Kier alpha value is -1.71. The largest absolute Gasteiger partial charge is 0.495 e. The van der Waals surface area contributed by atoms with Gasteiger partial charge in [-0.25, -0.2) is 0 Å². The van der Waals surface area contributed by atoms with Crippen molar-refractivity contribution in [3.05, 3.63) is 18.2 Å². The van der Waals surface area contributed by atoms with E-state index in [1.807, 2.05) is 0 Å².